The number of methoxy groups -OCH3 is 1. The first kappa shape index (κ1) is 20.5. The van der Waals surface area contributed by atoms with Gasteiger partial charge >= 0.3 is 6.01 Å². The van der Waals surface area contributed by atoms with E-state index in [0.717, 1.165) is 19.6 Å². The zero-order valence-corrected chi connectivity index (χ0v) is 17.6. The highest BCUT2D eigenvalue weighted by atomic mass is 35.5. The Balaban J connectivity index is 2.03. The van der Waals surface area contributed by atoms with Crippen LogP contribution in [-0.4, -0.2) is 53.2 Å². The lowest BCUT2D eigenvalue weighted by molar-refractivity contribution is 0.213. The number of H-pyrrole nitrogens is 1. The maximum Gasteiger partial charge on any atom is 0.319 e. The first-order valence-electron chi connectivity index (χ1n) is 9.01. The fourth-order valence-electron chi connectivity index (χ4n) is 2.97. The molecular weight excluding hydrogens is 401 g/mol. The van der Waals surface area contributed by atoms with Crippen molar-refractivity contribution in [1.29, 1.82) is 0 Å². The van der Waals surface area contributed by atoms with Crippen LogP contribution in [0.4, 0.5) is 5.69 Å². The third-order valence-electron chi connectivity index (χ3n) is 4.57. The van der Waals surface area contributed by atoms with Gasteiger partial charge in [0.1, 0.15) is 18.0 Å². The van der Waals surface area contributed by atoms with Crippen LogP contribution in [-0.2, 0) is 0 Å². The van der Waals surface area contributed by atoms with Crippen molar-refractivity contribution in [2.24, 2.45) is 0 Å². The van der Waals surface area contributed by atoms with E-state index in [4.69, 9.17) is 38.4 Å². The predicted octanol–water partition coefficient (Wildman–Crippen LogP) is 4.24. The Morgan fingerprint density at radius 1 is 1.14 bits per heavy atom. The Morgan fingerprint density at radius 2 is 1.89 bits per heavy atom. The van der Waals surface area contributed by atoms with Gasteiger partial charge in [-0.2, -0.15) is 9.97 Å². The summed E-state index contributed by atoms with van der Waals surface area (Å²) in [5, 5.41) is 1.52. The van der Waals surface area contributed by atoms with Crippen molar-refractivity contribution in [3.63, 3.8) is 0 Å². The average Bonchev–Trinajstić information content (AvgIpc) is 3.06. The molecule has 0 aliphatic rings. The topological polar surface area (TPSA) is 89.3 Å². The van der Waals surface area contributed by atoms with Gasteiger partial charge in [0.05, 0.1) is 33.9 Å². The van der Waals surface area contributed by atoms with Gasteiger partial charge in [0.2, 0.25) is 0 Å². The van der Waals surface area contributed by atoms with Crippen molar-refractivity contribution in [2.75, 3.05) is 39.1 Å². The van der Waals surface area contributed by atoms with Gasteiger partial charge in [-0.3, -0.25) is 0 Å². The first-order chi connectivity index (χ1) is 13.5. The summed E-state index contributed by atoms with van der Waals surface area (Å²) in [6.45, 7) is 7.40. The molecule has 3 rings (SSSR count). The molecule has 150 valence electrons. The molecule has 9 heteroatoms. The fourth-order valence-corrected chi connectivity index (χ4v) is 3.52. The molecule has 2 heterocycles. The summed E-state index contributed by atoms with van der Waals surface area (Å²) in [6, 6.07) is 3.61. The first-order valence-corrected chi connectivity index (χ1v) is 9.77. The Kier molecular flexibility index (Phi) is 6.49. The van der Waals surface area contributed by atoms with Crippen LogP contribution < -0.4 is 15.2 Å². The number of aromatic nitrogens is 3. The standard InChI is InChI=1S/C19H23Cl2N5O2/c1-4-26(5-2)6-7-28-19-24-17(16-14(22)10-23-18(16)25-19)11-8-15(27-3)13(21)9-12(11)20/h8-10H,4-7,22H2,1-3H3,(H,23,24,25). The van der Waals surface area contributed by atoms with Crippen LogP contribution in [0.3, 0.4) is 0 Å². The number of ether oxygens (including phenoxy) is 2. The van der Waals surface area contributed by atoms with Crippen LogP contribution in [0.5, 0.6) is 11.8 Å². The Hall–Kier alpha value is -2.22. The molecule has 3 N–H and O–H groups in total. The maximum absolute atomic E-state index is 6.45. The van der Waals surface area contributed by atoms with Gasteiger partial charge < -0.3 is 25.1 Å². The smallest absolute Gasteiger partial charge is 0.319 e. The molecular formula is C19H23Cl2N5O2. The van der Waals surface area contributed by atoms with E-state index in [0.29, 0.717) is 50.4 Å². The summed E-state index contributed by atoms with van der Waals surface area (Å²) in [5.74, 6) is 0.492. The Morgan fingerprint density at radius 3 is 2.57 bits per heavy atom. The molecule has 2 aromatic heterocycles. The lowest BCUT2D eigenvalue weighted by Crippen LogP contribution is -2.28. The second-order valence-corrected chi connectivity index (χ2v) is 6.98. The van der Waals surface area contributed by atoms with E-state index in [1.165, 1.54) is 0 Å². The lowest BCUT2D eigenvalue weighted by atomic mass is 10.1. The van der Waals surface area contributed by atoms with Crippen LogP contribution in [0.2, 0.25) is 10.0 Å². The maximum atomic E-state index is 6.45. The van der Waals surface area contributed by atoms with Gasteiger partial charge in [-0.25, -0.2) is 0 Å². The van der Waals surface area contributed by atoms with Crippen LogP contribution in [0.25, 0.3) is 22.3 Å². The van der Waals surface area contributed by atoms with Crippen molar-refractivity contribution in [1.82, 2.24) is 19.9 Å². The van der Waals surface area contributed by atoms with E-state index >= 15 is 0 Å². The summed E-state index contributed by atoms with van der Waals surface area (Å²) >= 11 is 12.6. The molecule has 3 aromatic rings. The van der Waals surface area contributed by atoms with E-state index in [2.05, 4.69) is 33.7 Å². The number of fused-ring (bicyclic) bond motifs is 1. The number of likely N-dealkylation sites (N-methyl/N-ethyl adjacent to an activating group) is 1. The van der Waals surface area contributed by atoms with Gasteiger partial charge in [-0.15, -0.1) is 0 Å². The largest absolute Gasteiger partial charge is 0.495 e. The molecule has 0 bridgehead atoms. The summed E-state index contributed by atoms with van der Waals surface area (Å²) in [6.07, 6.45) is 1.67. The number of halogens is 2. The highest BCUT2D eigenvalue weighted by molar-refractivity contribution is 6.37. The number of rotatable bonds is 8. The molecule has 0 saturated carbocycles. The van der Waals surface area contributed by atoms with Gasteiger partial charge in [-0.1, -0.05) is 37.0 Å². The molecule has 0 radical (unpaired) electrons. The van der Waals surface area contributed by atoms with Crippen LogP contribution in [0, 0.1) is 0 Å². The van der Waals surface area contributed by atoms with Gasteiger partial charge in [0.25, 0.3) is 0 Å². The SMILES string of the molecule is CCN(CC)CCOc1nc(-c2cc(OC)c(Cl)cc2Cl)c2c(N)c[nH]c2n1. The van der Waals surface area contributed by atoms with Crippen molar-refractivity contribution in [3.8, 4) is 23.0 Å². The van der Waals surface area contributed by atoms with Gasteiger partial charge in [-0.05, 0) is 25.2 Å². The lowest BCUT2D eigenvalue weighted by Gasteiger charge is -2.17. The highest BCUT2D eigenvalue weighted by Crippen LogP contribution is 2.40. The second-order valence-electron chi connectivity index (χ2n) is 6.16. The Labute approximate surface area is 173 Å². The van der Waals surface area contributed by atoms with Crippen molar-refractivity contribution in [3.05, 3.63) is 28.4 Å². The average molecular weight is 424 g/mol. The molecule has 0 amide bonds. The number of nitrogens with zero attached hydrogens (tertiary/aromatic N) is 3. The molecule has 0 unspecified atom stereocenters. The molecule has 0 atom stereocenters. The third kappa shape index (κ3) is 4.11. The fraction of sp³-hybridized carbons (Fsp3) is 0.368. The molecule has 0 aliphatic heterocycles. The van der Waals surface area contributed by atoms with E-state index < -0.39 is 0 Å². The number of aromatic amines is 1. The monoisotopic (exact) mass is 423 g/mol. The number of benzene rings is 1. The van der Waals surface area contributed by atoms with E-state index in [-0.39, 0.29) is 6.01 Å². The molecule has 0 saturated heterocycles. The number of nitrogens with one attached hydrogen (secondary N) is 1. The van der Waals surface area contributed by atoms with Crippen LogP contribution >= 0.6 is 23.2 Å². The molecule has 0 fully saturated rings. The normalized spacial score (nSPS) is 11.4. The zero-order chi connectivity index (χ0) is 20.3. The third-order valence-corrected chi connectivity index (χ3v) is 5.18. The highest BCUT2D eigenvalue weighted by Gasteiger charge is 2.19. The number of hydrogen-bond donors (Lipinski definition) is 2. The number of hydrogen-bond acceptors (Lipinski definition) is 6. The zero-order valence-electron chi connectivity index (χ0n) is 16.1. The second kappa shape index (κ2) is 8.86. The molecule has 0 aliphatic carbocycles. The summed E-state index contributed by atoms with van der Waals surface area (Å²) in [7, 11) is 1.54. The molecule has 28 heavy (non-hydrogen) atoms. The predicted molar refractivity (Wildman–Crippen MR) is 114 cm³/mol. The summed E-state index contributed by atoms with van der Waals surface area (Å²) in [4.78, 5) is 14.3. The van der Waals surface area contributed by atoms with Crippen LogP contribution in [0.1, 0.15) is 13.8 Å². The molecule has 1 aromatic carbocycles. The number of nitrogens with two attached hydrogens (primary N) is 1. The summed E-state index contributed by atoms with van der Waals surface area (Å²) in [5.41, 5.74) is 8.42. The van der Waals surface area contributed by atoms with Crippen LogP contribution in [0.15, 0.2) is 18.3 Å². The minimum absolute atomic E-state index is 0.251. The molecule has 7 nitrogen and oxygen atoms in total. The number of nitrogen functional groups attached to an aromatic ring is 1. The van der Waals surface area contributed by atoms with Gasteiger partial charge in [0, 0.05) is 18.3 Å². The van der Waals surface area contributed by atoms with Crippen molar-refractivity contribution >= 4 is 39.9 Å². The quantitative estimate of drug-likeness (QED) is 0.562. The van der Waals surface area contributed by atoms with E-state index in [9.17, 15) is 0 Å². The van der Waals surface area contributed by atoms with Crippen molar-refractivity contribution < 1.29 is 9.47 Å². The van der Waals surface area contributed by atoms with E-state index in [1.807, 2.05) is 0 Å². The van der Waals surface area contributed by atoms with E-state index in [1.54, 1.807) is 25.4 Å². The molecule has 0 spiro atoms. The Bertz CT molecular complexity index is 973. The minimum atomic E-state index is 0.251. The van der Waals surface area contributed by atoms with Gasteiger partial charge in [0.15, 0.2) is 0 Å². The summed E-state index contributed by atoms with van der Waals surface area (Å²) < 4.78 is 11.1. The van der Waals surface area contributed by atoms with Crippen molar-refractivity contribution in [2.45, 2.75) is 13.8 Å². The number of anilines is 1. The minimum Gasteiger partial charge on any atom is -0.495 e.